The number of nitrogens with zero attached hydrogens (tertiary/aromatic N) is 2. The Morgan fingerprint density at radius 1 is 1.20 bits per heavy atom. The maximum absolute atomic E-state index is 13.2. The van der Waals surface area contributed by atoms with Crippen LogP contribution in [0.4, 0.5) is 10.2 Å². The van der Waals surface area contributed by atoms with E-state index in [0.717, 1.165) is 0 Å². The summed E-state index contributed by atoms with van der Waals surface area (Å²) in [5.74, 6) is -0.774. The summed E-state index contributed by atoms with van der Waals surface area (Å²) in [5.41, 5.74) is 1.43. The van der Waals surface area contributed by atoms with Crippen molar-refractivity contribution in [2.75, 3.05) is 5.32 Å². The van der Waals surface area contributed by atoms with Gasteiger partial charge in [-0.25, -0.2) is 17.5 Å². The van der Waals surface area contributed by atoms with Crippen LogP contribution in [0.2, 0.25) is 0 Å². The van der Waals surface area contributed by atoms with Gasteiger partial charge in [-0.15, -0.1) is 11.3 Å². The van der Waals surface area contributed by atoms with Gasteiger partial charge in [0.25, 0.3) is 5.91 Å². The maximum atomic E-state index is 13.2. The SMILES string of the molecule is O=C(Nc1c2c(nn1-c1ccc(F)cc1)CS(=O)(=O)C2)c1cccs1. The number of amides is 1. The molecule has 0 saturated carbocycles. The van der Waals surface area contributed by atoms with Crippen molar-refractivity contribution in [3.8, 4) is 5.69 Å². The molecule has 1 N–H and O–H groups in total. The van der Waals surface area contributed by atoms with E-state index in [1.54, 1.807) is 17.5 Å². The predicted octanol–water partition coefficient (Wildman–Crippen LogP) is 2.75. The lowest BCUT2D eigenvalue weighted by Gasteiger charge is -2.10. The van der Waals surface area contributed by atoms with Gasteiger partial charge in [0.05, 0.1) is 27.8 Å². The highest BCUT2D eigenvalue weighted by Crippen LogP contribution is 2.33. The van der Waals surface area contributed by atoms with Crippen molar-refractivity contribution in [2.24, 2.45) is 0 Å². The fourth-order valence-corrected chi connectivity index (χ4v) is 4.83. The van der Waals surface area contributed by atoms with Gasteiger partial charge in [-0.05, 0) is 35.7 Å². The number of carbonyl (C=O) groups excluding carboxylic acids is 1. The van der Waals surface area contributed by atoms with Crippen molar-refractivity contribution < 1.29 is 17.6 Å². The summed E-state index contributed by atoms with van der Waals surface area (Å²) in [5, 5.41) is 8.86. The van der Waals surface area contributed by atoms with Gasteiger partial charge >= 0.3 is 0 Å². The number of benzene rings is 1. The molecule has 3 aromatic rings. The quantitative estimate of drug-likeness (QED) is 0.761. The van der Waals surface area contributed by atoms with Crippen molar-refractivity contribution in [3.63, 3.8) is 0 Å². The first-order chi connectivity index (χ1) is 11.9. The molecule has 0 spiro atoms. The Bertz CT molecular complexity index is 1050. The van der Waals surface area contributed by atoms with Crippen LogP contribution in [0.25, 0.3) is 5.69 Å². The van der Waals surface area contributed by atoms with E-state index in [1.807, 2.05) is 0 Å². The van der Waals surface area contributed by atoms with E-state index < -0.39 is 15.7 Å². The van der Waals surface area contributed by atoms with E-state index in [0.29, 0.717) is 27.6 Å². The minimum Gasteiger partial charge on any atom is -0.305 e. The smallest absolute Gasteiger partial charge is 0.266 e. The van der Waals surface area contributed by atoms with E-state index in [9.17, 15) is 17.6 Å². The lowest BCUT2D eigenvalue weighted by molar-refractivity contribution is 0.102. The van der Waals surface area contributed by atoms with Crippen LogP contribution >= 0.6 is 11.3 Å². The van der Waals surface area contributed by atoms with Crippen LogP contribution in [0.1, 0.15) is 20.9 Å². The molecule has 1 amide bonds. The number of fused-ring (bicyclic) bond motifs is 1. The Morgan fingerprint density at radius 3 is 2.64 bits per heavy atom. The average molecular weight is 377 g/mol. The zero-order chi connectivity index (χ0) is 17.6. The molecule has 4 rings (SSSR count). The number of aromatic nitrogens is 2. The Labute approximate surface area is 146 Å². The van der Waals surface area contributed by atoms with Gasteiger partial charge in [-0.2, -0.15) is 5.10 Å². The molecule has 1 aliphatic rings. The molecule has 9 heteroatoms. The number of rotatable bonds is 3. The molecular formula is C16H12FN3O3S2. The zero-order valence-electron chi connectivity index (χ0n) is 12.8. The van der Waals surface area contributed by atoms with Gasteiger partial charge < -0.3 is 5.32 Å². The summed E-state index contributed by atoms with van der Waals surface area (Å²) in [7, 11) is -3.26. The highest BCUT2D eigenvalue weighted by atomic mass is 32.2. The normalized spacial score (nSPS) is 15.1. The number of thiophene rings is 1. The minimum atomic E-state index is -3.26. The molecule has 0 atom stereocenters. The second-order valence-corrected chi connectivity index (χ2v) is 8.64. The molecule has 3 heterocycles. The third kappa shape index (κ3) is 2.96. The number of sulfone groups is 1. The van der Waals surface area contributed by atoms with Crippen LogP contribution in [0.5, 0.6) is 0 Å². The Morgan fingerprint density at radius 2 is 1.96 bits per heavy atom. The van der Waals surface area contributed by atoms with Crippen LogP contribution in [0.15, 0.2) is 41.8 Å². The number of hydrogen-bond acceptors (Lipinski definition) is 5. The van der Waals surface area contributed by atoms with Gasteiger partial charge in [0, 0.05) is 5.56 Å². The second-order valence-electron chi connectivity index (χ2n) is 5.63. The van der Waals surface area contributed by atoms with Crippen LogP contribution in [0, 0.1) is 5.82 Å². The van der Waals surface area contributed by atoms with Crippen molar-refractivity contribution in [3.05, 3.63) is 63.7 Å². The highest BCUT2D eigenvalue weighted by molar-refractivity contribution is 7.90. The molecule has 0 unspecified atom stereocenters. The molecule has 0 fully saturated rings. The number of anilines is 1. The molecule has 0 saturated heterocycles. The topological polar surface area (TPSA) is 81.1 Å². The summed E-state index contributed by atoms with van der Waals surface area (Å²) in [6, 6.07) is 9.04. The van der Waals surface area contributed by atoms with E-state index >= 15 is 0 Å². The molecule has 0 bridgehead atoms. The molecular weight excluding hydrogens is 365 g/mol. The number of halogens is 1. The van der Waals surface area contributed by atoms with Crippen LogP contribution in [0.3, 0.4) is 0 Å². The Kier molecular flexibility index (Phi) is 3.69. The third-order valence-electron chi connectivity index (χ3n) is 3.84. The largest absolute Gasteiger partial charge is 0.305 e. The van der Waals surface area contributed by atoms with Gasteiger partial charge in [-0.1, -0.05) is 6.07 Å². The van der Waals surface area contributed by atoms with E-state index in [-0.39, 0.29) is 17.4 Å². The van der Waals surface area contributed by atoms with Crippen molar-refractivity contribution in [1.82, 2.24) is 9.78 Å². The third-order valence-corrected chi connectivity index (χ3v) is 6.15. The van der Waals surface area contributed by atoms with Crippen molar-refractivity contribution in [1.29, 1.82) is 0 Å². The zero-order valence-corrected chi connectivity index (χ0v) is 14.4. The molecule has 0 aliphatic carbocycles. The second kappa shape index (κ2) is 5.78. The van der Waals surface area contributed by atoms with Crippen LogP contribution in [-0.4, -0.2) is 24.1 Å². The fraction of sp³-hybridized carbons (Fsp3) is 0.125. The summed E-state index contributed by atoms with van der Waals surface area (Å²) in [6.07, 6.45) is 0. The number of carbonyl (C=O) groups is 1. The Balaban J connectivity index is 1.80. The van der Waals surface area contributed by atoms with Gasteiger partial charge in [0.2, 0.25) is 0 Å². The first kappa shape index (κ1) is 16.0. The summed E-state index contributed by atoms with van der Waals surface area (Å²) >= 11 is 1.28. The molecule has 1 aromatic carbocycles. The first-order valence-corrected chi connectivity index (χ1v) is 10.0. The molecule has 1 aliphatic heterocycles. The average Bonchev–Trinajstić information content (AvgIpc) is 3.25. The fourth-order valence-electron chi connectivity index (χ4n) is 2.72. The molecule has 2 aromatic heterocycles. The maximum Gasteiger partial charge on any atom is 0.266 e. The summed E-state index contributed by atoms with van der Waals surface area (Å²) in [4.78, 5) is 12.9. The van der Waals surface area contributed by atoms with E-state index in [2.05, 4.69) is 10.4 Å². The number of hydrogen-bond donors (Lipinski definition) is 1. The lowest BCUT2D eigenvalue weighted by Crippen LogP contribution is -2.16. The summed E-state index contributed by atoms with van der Waals surface area (Å²) < 4.78 is 38.4. The van der Waals surface area contributed by atoms with Crippen molar-refractivity contribution >= 4 is 32.9 Å². The van der Waals surface area contributed by atoms with Gasteiger partial charge in [-0.3, -0.25) is 4.79 Å². The van der Waals surface area contributed by atoms with Crippen LogP contribution < -0.4 is 5.32 Å². The Hall–Kier alpha value is -2.52. The van der Waals surface area contributed by atoms with Crippen molar-refractivity contribution in [2.45, 2.75) is 11.5 Å². The van der Waals surface area contributed by atoms with Crippen LogP contribution in [-0.2, 0) is 21.3 Å². The van der Waals surface area contributed by atoms with Gasteiger partial charge in [0.15, 0.2) is 9.84 Å². The lowest BCUT2D eigenvalue weighted by atomic mass is 10.2. The van der Waals surface area contributed by atoms with E-state index in [1.165, 1.54) is 40.3 Å². The highest BCUT2D eigenvalue weighted by Gasteiger charge is 2.33. The summed E-state index contributed by atoms with van der Waals surface area (Å²) in [6.45, 7) is 0. The monoisotopic (exact) mass is 377 g/mol. The minimum absolute atomic E-state index is 0.168. The number of nitrogens with one attached hydrogen (secondary N) is 1. The molecule has 128 valence electrons. The molecule has 25 heavy (non-hydrogen) atoms. The molecule has 0 radical (unpaired) electrons. The van der Waals surface area contributed by atoms with Gasteiger partial charge in [0.1, 0.15) is 11.6 Å². The standard InChI is InChI=1S/C16H12FN3O3S2/c17-10-3-5-11(6-4-10)20-15(18-16(21)14-2-1-7-24-14)12-8-25(22,23)9-13(12)19-20/h1-7H,8-9H2,(H,18,21). The molecule has 6 nitrogen and oxygen atoms in total. The predicted molar refractivity (Wildman–Crippen MR) is 92.1 cm³/mol. The van der Waals surface area contributed by atoms with E-state index in [4.69, 9.17) is 0 Å². The first-order valence-electron chi connectivity index (χ1n) is 7.35.